The van der Waals surface area contributed by atoms with Crippen LogP contribution in [-0.2, 0) is 18.4 Å². The zero-order chi connectivity index (χ0) is 23.0. The van der Waals surface area contributed by atoms with E-state index in [9.17, 15) is 9.90 Å². The molecule has 1 saturated heterocycles. The van der Waals surface area contributed by atoms with Crippen molar-refractivity contribution in [1.82, 2.24) is 10.2 Å². The summed E-state index contributed by atoms with van der Waals surface area (Å²) < 4.78 is 6.62. The van der Waals surface area contributed by atoms with Crippen LogP contribution in [0.2, 0.25) is 0 Å². The van der Waals surface area contributed by atoms with Gasteiger partial charge in [-0.3, -0.25) is 9.69 Å². The molecule has 1 spiro atoms. The third-order valence-electron chi connectivity index (χ3n) is 9.39. The van der Waals surface area contributed by atoms with Gasteiger partial charge < -0.3 is 20.9 Å². The number of piperidine rings is 1. The maximum Gasteiger partial charge on any atom is 0.251 e. The van der Waals surface area contributed by atoms with Crippen molar-refractivity contribution in [2.24, 2.45) is 17.6 Å². The summed E-state index contributed by atoms with van der Waals surface area (Å²) in [6.07, 6.45) is 6.68. The fourth-order valence-electron chi connectivity index (χ4n) is 7.68. The first kappa shape index (κ1) is 20.8. The molecule has 1 amide bonds. The Kier molecular flexibility index (Phi) is 4.56. The van der Waals surface area contributed by atoms with Crippen molar-refractivity contribution in [1.29, 1.82) is 0 Å². The van der Waals surface area contributed by atoms with E-state index >= 15 is 0 Å². The summed E-state index contributed by atoms with van der Waals surface area (Å²) in [5.41, 5.74) is 9.84. The molecule has 7 rings (SSSR count). The average Bonchev–Trinajstić information content (AvgIpc) is 3.60. The van der Waals surface area contributed by atoms with Crippen molar-refractivity contribution < 1.29 is 14.6 Å². The van der Waals surface area contributed by atoms with Crippen LogP contribution in [0.3, 0.4) is 0 Å². The number of hydrogen-bond donors (Lipinski definition) is 3. The van der Waals surface area contributed by atoms with E-state index in [1.807, 2.05) is 24.3 Å². The fourth-order valence-corrected chi connectivity index (χ4v) is 7.68. The van der Waals surface area contributed by atoms with Crippen LogP contribution in [0.4, 0.5) is 0 Å². The van der Waals surface area contributed by atoms with Crippen LogP contribution < -0.4 is 15.8 Å². The number of phenols is 1. The Balaban J connectivity index is 1.23. The third kappa shape index (κ3) is 2.91. The Morgan fingerprint density at radius 1 is 1.15 bits per heavy atom. The van der Waals surface area contributed by atoms with Crippen LogP contribution >= 0.6 is 0 Å². The monoisotopic (exact) mass is 459 g/mol. The molecule has 178 valence electrons. The number of aromatic hydroxyl groups is 1. The van der Waals surface area contributed by atoms with Gasteiger partial charge in [0.1, 0.15) is 6.10 Å². The Labute approximate surface area is 200 Å². The van der Waals surface area contributed by atoms with Gasteiger partial charge in [-0.25, -0.2) is 0 Å². The van der Waals surface area contributed by atoms with E-state index in [1.54, 1.807) is 6.07 Å². The molecule has 2 bridgehead atoms. The van der Waals surface area contributed by atoms with Crippen LogP contribution in [0, 0.1) is 11.8 Å². The van der Waals surface area contributed by atoms with Crippen LogP contribution in [0.25, 0.3) is 0 Å². The van der Waals surface area contributed by atoms with Crippen LogP contribution in [-0.4, -0.2) is 47.2 Å². The van der Waals surface area contributed by atoms with E-state index in [4.69, 9.17) is 10.5 Å². The second-order valence-electron chi connectivity index (χ2n) is 11.2. The molecular weight excluding hydrogens is 426 g/mol. The van der Waals surface area contributed by atoms with Crippen molar-refractivity contribution in [2.45, 2.75) is 68.7 Å². The molecule has 0 radical (unpaired) electrons. The first-order valence-electron chi connectivity index (χ1n) is 12.9. The topological polar surface area (TPSA) is 87.8 Å². The van der Waals surface area contributed by atoms with Crippen molar-refractivity contribution in [3.63, 3.8) is 0 Å². The summed E-state index contributed by atoms with van der Waals surface area (Å²) in [6.45, 7) is 2.77. The number of hydrogen-bond acceptors (Lipinski definition) is 5. The number of rotatable bonds is 5. The lowest BCUT2D eigenvalue weighted by molar-refractivity contribution is -0.0647. The smallest absolute Gasteiger partial charge is 0.251 e. The highest BCUT2D eigenvalue weighted by Gasteiger charge is 2.66. The number of ether oxygens (including phenoxy) is 1. The number of nitrogens with zero attached hydrogens (tertiary/aromatic N) is 1. The molecule has 4 unspecified atom stereocenters. The standard InChI is InChI=1S/C28H33N3O3/c29-14-16-3-5-18(6-4-16)27(33)30-21-9-8-20-22-13-19-7-10-23(32)25-24(19)28(20,26(21)34-25)11-12-31(22)15-17-1-2-17/h3-7,10,17,20-22,26,32H,1-2,8-9,11-15,29H2,(H,30,33)/t20?,21-,22?,26?,28?/m1/s1. The zero-order valence-corrected chi connectivity index (χ0v) is 19.5. The quantitative estimate of drug-likeness (QED) is 0.640. The maximum atomic E-state index is 13.2. The molecule has 2 aromatic rings. The molecule has 3 aliphatic carbocycles. The van der Waals surface area contributed by atoms with Crippen molar-refractivity contribution in [2.75, 3.05) is 13.1 Å². The molecule has 6 heteroatoms. The van der Waals surface area contributed by atoms with Crippen molar-refractivity contribution in [3.05, 3.63) is 58.7 Å². The van der Waals surface area contributed by atoms with Gasteiger partial charge in [-0.2, -0.15) is 0 Å². The summed E-state index contributed by atoms with van der Waals surface area (Å²) in [5.74, 6) is 2.24. The maximum absolute atomic E-state index is 13.2. The van der Waals surface area contributed by atoms with Gasteiger partial charge in [-0.1, -0.05) is 18.2 Å². The van der Waals surface area contributed by atoms with Crippen molar-refractivity contribution >= 4 is 5.91 Å². The highest BCUT2D eigenvalue weighted by Crippen LogP contribution is 2.64. The molecule has 4 N–H and O–H groups in total. The summed E-state index contributed by atoms with van der Waals surface area (Å²) in [4.78, 5) is 16.0. The minimum atomic E-state index is -0.133. The molecule has 2 saturated carbocycles. The number of carbonyl (C=O) groups is 1. The molecular formula is C28H33N3O3. The zero-order valence-electron chi connectivity index (χ0n) is 19.5. The van der Waals surface area contributed by atoms with E-state index in [2.05, 4.69) is 16.3 Å². The minimum Gasteiger partial charge on any atom is -0.504 e. The lowest BCUT2D eigenvalue weighted by Crippen LogP contribution is -2.69. The Morgan fingerprint density at radius 2 is 1.97 bits per heavy atom. The van der Waals surface area contributed by atoms with Gasteiger partial charge >= 0.3 is 0 Å². The van der Waals surface area contributed by atoms with Gasteiger partial charge in [0.05, 0.1) is 6.04 Å². The molecule has 5 atom stereocenters. The second kappa shape index (κ2) is 7.46. The Morgan fingerprint density at radius 3 is 2.74 bits per heavy atom. The van der Waals surface area contributed by atoms with E-state index in [-0.39, 0.29) is 29.2 Å². The third-order valence-corrected chi connectivity index (χ3v) is 9.39. The normalized spacial score (nSPS) is 33.2. The van der Waals surface area contributed by atoms with E-state index in [0.29, 0.717) is 29.8 Å². The SMILES string of the molecule is NCc1ccc(C(=O)N[C@@H]2CCC3C4Cc5ccc(O)c6c5C3(CCN4CC3CC3)C2O6)cc1. The number of likely N-dealkylation sites (tertiary alicyclic amines) is 1. The highest BCUT2D eigenvalue weighted by atomic mass is 16.5. The second-order valence-corrected chi connectivity index (χ2v) is 11.2. The first-order valence-corrected chi connectivity index (χ1v) is 12.9. The Bertz CT molecular complexity index is 1140. The van der Waals surface area contributed by atoms with Gasteiger partial charge in [0.25, 0.3) is 5.91 Å². The fraction of sp³-hybridized carbons (Fsp3) is 0.536. The van der Waals surface area contributed by atoms with Crippen LogP contribution in [0.5, 0.6) is 11.5 Å². The molecule has 5 aliphatic rings. The summed E-state index contributed by atoms with van der Waals surface area (Å²) in [5, 5.41) is 14.1. The highest BCUT2D eigenvalue weighted by molar-refractivity contribution is 5.94. The van der Waals surface area contributed by atoms with Crippen LogP contribution in [0.15, 0.2) is 36.4 Å². The molecule has 2 heterocycles. The molecule has 6 nitrogen and oxygen atoms in total. The predicted octanol–water partition coefficient (Wildman–Crippen LogP) is 3.10. The summed E-state index contributed by atoms with van der Waals surface area (Å²) in [7, 11) is 0. The van der Waals surface area contributed by atoms with Gasteiger partial charge in [-0.05, 0) is 86.2 Å². The van der Waals surface area contributed by atoms with Crippen LogP contribution in [0.1, 0.15) is 59.2 Å². The predicted molar refractivity (Wildman–Crippen MR) is 129 cm³/mol. The molecule has 0 aromatic heterocycles. The van der Waals surface area contributed by atoms with Gasteiger partial charge in [-0.15, -0.1) is 0 Å². The molecule has 2 aliphatic heterocycles. The molecule has 2 aromatic carbocycles. The van der Waals surface area contributed by atoms with Gasteiger partial charge in [0.2, 0.25) is 0 Å². The number of nitrogens with two attached hydrogens (primary N) is 1. The molecule has 3 fully saturated rings. The van der Waals surface area contributed by atoms with E-state index < -0.39 is 0 Å². The lowest BCUT2D eigenvalue weighted by atomic mass is 9.51. The van der Waals surface area contributed by atoms with E-state index in [1.165, 1.54) is 30.5 Å². The number of phenolic OH excluding ortho intramolecular Hbond substituents is 1. The summed E-state index contributed by atoms with van der Waals surface area (Å²) in [6, 6.07) is 11.9. The Hall–Kier alpha value is -2.57. The molecule has 34 heavy (non-hydrogen) atoms. The average molecular weight is 460 g/mol. The van der Waals surface area contributed by atoms with Gasteiger partial charge in [0.15, 0.2) is 11.5 Å². The lowest BCUT2D eigenvalue weighted by Gasteiger charge is -2.59. The first-order chi connectivity index (χ1) is 16.6. The van der Waals surface area contributed by atoms with Crippen molar-refractivity contribution in [3.8, 4) is 11.5 Å². The number of benzene rings is 2. The largest absolute Gasteiger partial charge is 0.504 e. The van der Waals surface area contributed by atoms with Gasteiger partial charge in [0, 0.05) is 35.7 Å². The minimum absolute atomic E-state index is 0.0639. The number of amides is 1. The number of nitrogens with one attached hydrogen (secondary N) is 1. The summed E-state index contributed by atoms with van der Waals surface area (Å²) >= 11 is 0. The van der Waals surface area contributed by atoms with E-state index in [0.717, 1.165) is 43.7 Å². The number of carbonyl (C=O) groups excluding carboxylic acids is 1.